The number of benzene rings is 2. The van der Waals surface area contributed by atoms with Gasteiger partial charge >= 0.3 is 0 Å². The van der Waals surface area contributed by atoms with Crippen LogP contribution in [0.2, 0.25) is 0 Å². The molecule has 7 heteroatoms. The quantitative estimate of drug-likeness (QED) is 0.788. The third kappa shape index (κ3) is 3.28. The van der Waals surface area contributed by atoms with Gasteiger partial charge in [-0.3, -0.25) is 9.48 Å². The summed E-state index contributed by atoms with van der Waals surface area (Å²) in [5.41, 5.74) is 2.34. The van der Waals surface area contributed by atoms with Crippen molar-refractivity contribution in [3.8, 4) is 23.4 Å². The van der Waals surface area contributed by atoms with Crippen LogP contribution in [0.1, 0.15) is 21.6 Å². The molecule has 0 saturated carbocycles. The summed E-state index contributed by atoms with van der Waals surface area (Å²) in [5, 5.41) is 25.0. The van der Waals surface area contributed by atoms with Crippen molar-refractivity contribution in [1.82, 2.24) is 9.78 Å². The summed E-state index contributed by atoms with van der Waals surface area (Å²) in [6, 6.07) is 15.7. The van der Waals surface area contributed by atoms with E-state index in [0.717, 1.165) is 0 Å². The predicted octanol–water partition coefficient (Wildman–Crippen LogP) is 3.22. The molecule has 0 aliphatic carbocycles. The van der Waals surface area contributed by atoms with Crippen LogP contribution in [-0.2, 0) is 7.05 Å². The lowest BCUT2D eigenvalue weighted by atomic mass is 10.1. The van der Waals surface area contributed by atoms with Crippen LogP contribution in [0.5, 0.6) is 0 Å². The highest BCUT2D eigenvalue weighted by Crippen LogP contribution is 2.21. The Labute approximate surface area is 148 Å². The van der Waals surface area contributed by atoms with Gasteiger partial charge in [-0.05, 0) is 48.5 Å². The summed E-state index contributed by atoms with van der Waals surface area (Å²) in [7, 11) is 1.63. The summed E-state index contributed by atoms with van der Waals surface area (Å²) in [6.07, 6.45) is 0. The number of amides is 1. The Bertz CT molecular complexity index is 1070. The lowest BCUT2D eigenvalue weighted by molar-refractivity contribution is 0.101. The van der Waals surface area contributed by atoms with Crippen LogP contribution < -0.4 is 5.32 Å². The van der Waals surface area contributed by atoms with Crippen LogP contribution in [0, 0.1) is 28.5 Å². The molecule has 0 unspecified atom stereocenters. The van der Waals surface area contributed by atoms with E-state index in [9.17, 15) is 9.18 Å². The first kappa shape index (κ1) is 16.9. The number of hydrogen-bond donors (Lipinski definition) is 1. The highest BCUT2D eigenvalue weighted by Gasteiger charge is 2.15. The minimum Gasteiger partial charge on any atom is -0.321 e. The molecule has 1 amide bonds. The number of aromatic nitrogens is 2. The van der Waals surface area contributed by atoms with Gasteiger partial charge in [-0.15, -0.1) is 0 Å². The van der Waals surface area contributed by atoms with E-state index in [1.165, 1.54) is 28.9 Å². The fourth-order valence-corrected chi connectivity index (χ4v) is 2.45. The van der Waals surface area contributed by atoms with Crippen molar-refractivity contribution in [2.45, 2.75) is 0 Å². The Hall–Kier alpha value is -3.97. The average molecular weight is 345 g/mol. The van der Waals surface area contributed by atoms with Crippen molar-refractivity contribution in [3.05, 3.63) is 71.2 Å². The number of rotatable bonds is 3. The molecular weight excluding hydrogens is 333 g/mol. The lowest BCUT2D eigenvalue weighted by Gasteiger charge is -2.06. The summed E-state index contributed by atoms with van der Waals surface area (Å²) < 4.78 is 14.5. The summed E-state index contributed by atoms with van der Waals surface area (Å²) in [5.74, 6) is -0.765. The van der Waals surface area contributed by atoms with Crippen LogP contribution >= 0.6 is 0 Å². The van der Waals surface area contributed by atoms with Crippen LogP contribution in [0.3, 0.4) is 0 Å². The molecule has 0 radical (unpaired) electrons. The number of nitrogens with zero attached hydrogens (tertiary/aromatic N) is 4. The second-order valence-corrected chi connectivity index (χ2v) is 5.48. The maximum absolute atomic E-state index is 13.0. The summed E-state index contributed by atoms with van der Waals surface area (Å²) in [6.45, 7) is 0. The number of nitrogens with one attached hydrogen (secondary N) is 1. The number of halogens is 1. The van der Waals surface area contributed by atoms with Crippen molar-refractivity contribution in [3.63, 3.8) is 0 Å². The van der Waals surface area contributed by atoms with Gasteiger partial charge in [0, 0.05) is 18.3 Å². The van der Waals surface area contributed by atoms with Gasteiger partial charge in [0.05, 0.1) is 16.8 Å². The van der Waals surface area contributed by atoms with Gasteiger partial charge in [0.15, 0.2) is 0 Å². The number of hydrogen-bond acceptors (Lipinski definition) is 4. The Balaban J connectivity index is 1.86. The van der Waals surface area contributed by atoms with Gasteiger partial charge < -0.3 is 5.32 Å². The number of nitriles is 2. The van der Waals surface area contributed by atoms with Crippen molar-refractivity contribution in [2.24, 2.45) is 7.05 Å². The van der Waals surface area contributed by atoms with E-state index in [-0.39, 0.29) is 16.9 Å². The van der Waals surface area contributed by atoms with Crippen molar-refractivity contribution in [1.29, 1.82) is 10.5 Å². The maximum atomic E-state index is 13.0. The third-order valence-electron chi connectivity index (χ3n) is 3.77. The van der Waals surface area contributed by atoms with E-state index in [1.807, 2.05) is 12.1 Å². The molecule has 0 bridgehead atoms. The SMILES string of the molecule is Cn1nc(-c2ccc(F)cc2)cc1C(=O)Nc1ccc(C#N)c(C#N)c1. The molecule has 126 valence electrons. The van der Waals surface area contributed by atoms with Crippen molar-refractivity contribution < 1.29 is 9.18 Å². The zero-order valence-electron chi connectivity index (χ0n) is 13.7. The molecule has 3 aromatic rings. The van der Waals surface area contributed by atoms with Crippen molar-refractivity contribution in [2.75, 3.05) is 5.32 Å². The second-order valence-electron chi connectivity index (χ2n) is 5.48. The topological polar surface area (TPSA) is 94.5 Å². The highest BCUT2D eigenvalue weighted by atomic mass is 19.1. The van der Waals surface area contributed by atoms with Gasteiger partial charge in [-0.1, -0.05) is 0 Å². The largest absolute Gasteiger partial charge is 0.321 e. The zero-order chi connectivity index (χ0) is 18.7. The smallest absolute Gasteiger partial charge is 0.273 e. The molecule has 0 aliphatic rings. The monoisotopic (exact) mass is 345 g/mol. The molecule has 2 aromatic carbocycles. The Kier molecular flexibility index (Phi) is 4.46. The molecular formula is C19H12FN5O. The Morgan fingerprint density at radius 1 is 1.08 bits per heavy atom. The molecule has 6 nitrogen and oxygen atoms in total. The van der Waals surface area contributed by atoms with E-state index in [1.54, 1.807) is 31.3 Å². The van der Waals surface area contributed by atoms with Gasteiger partial charge in [0.1, 0.15) is 23.6 Å². The lowest BCUT2D eigenvalue weighted by Crippen LogP contribution is -2.16. The first-order chi connectivity index (χ1) is 12.5. The minimum atomic E-state index is -0.415. The molecule has 0 fully saturated rings. The number of aryl methyl sites for hydroxylation is 1. The molecule has 0 aliphatic heterocycles. The van der Waals surface area contributed by atoms with Crippen molar-refractivity contribution >= 4 is 11.6 Å². The average Bonchev–Trinajstić information content (AvgIpc) is 3.04. The first-order valence-corrected chi connectivity index (χ1v) is 7.57. The second kappa shape index (κ2) is 6.88. The first-order valence-electron chi connectivity index (χ1n) is 7.57. The number of carbonyl (C=O) groups excluding carboxylic acids is 1. The van der Waals surface area contributed by atoms with Gasteiger partial charge in [-0.25, -0.2) is 4.39 Å². The van der Waals surface area contributed by atoms with Crippen LogP contribution in [0.15, 0.2) is 48.5 Å². The van der Waals surface area contributed by atoms with Crippen LogP contribution in [0.4, 0.5) is 10.1 Å². The normalized spacial score (nSPS) is 10.0. The fraction of sp³-hybridized carbons (Fsp3) is 0.0526. The molecule has 1 N–H and O–H groups in total. The van der Waals surface area contributed by atoms with Crippen LogP contribution in [-0.4, -0.2) is 15.7 Å². The summed E-state index contributed by atoms with van der Waals surface area (Å²) in [4.78, 5) is 12.5. The maximum Gasteiger partial charge on any atom is 0.273 e. The van der Waals surface area contributed by atoms with Crippen LogP contribution in [0.25, 0.3) is 11.3 Å². The fourth-order valence-electron chi connectivity index (χ4n) is 2.45. The zero-order valence-corrected chi connectivity index (χ0v) is 13.7. The Morgan fingerprint density at radius 2 is 1.77 bits per heavy atom. The van der Waals surface area contributed by atoms with E-state index in [4.69, 9.17) is 10.5 Å². The standard InChI is InChI=1S/C19H12FN5O/c1-25-18(9-17(24-25)12-2-5-15(20)6-3-12)19(26)23-16-7-4-13(10-21)14(8-16)11-22/h2-9H,1H3,(H,23,26). The van der Waals surface area contributed by atoms with E-state index in [0.29, 0.717) is 22.6 Å². The molecule has 0 spiro atoms. The minimum absolute atomic E-state index is 0.183. The Morgan fingerprint density at radius 3 is 2.42 bits per heavy atom. The van der Waals surface area contributed by atoms with E-state index < -0.39 is 5.91 Å². The number of carbonyl (C=O) groups is 1. The van der Waals surface area contributed by atoms with Gasteiger partial charge in [0.2, 0.25) is 0 Å². The predicted molar refractivity (Wildman–Crippen MR) is 92.4 cm³/mol. The molecule has 1 heterocycles. The van der Waals surface area contributed by atoms with Gasteiger partial charge in [-0.2, -0.15) is 15.6 Å². The molecule has 0 atom stereocenters. The summed E-state index contributed by atoms with van der Waals surface area (Å²) >= 11 is 0. The highest BCUT2D eigenvalue weighted by molar-refractivity contribution is 6.03. The van der Waals surface area contributed by atoms with E-state index in [2.05, 4.69) is 10.4 Å². The molecule has 1 aromatic heterocycles. The van der Waals surface area contributed by atoms with Gasteiger partial charge in [0.25, 0.3) is 5.91 Å². The molecule has 26 heavy (non-hydrogen) atoms. The van der Waals surface area contributed by atoms with E-state index >= 15 is 0 Å². The molecule has 0 saturated heterocycles. The molecule has 3 rings (SSSR count). The number of anilines is 1. The third-order valence-corrected chi connectivity index (χ3v) is 3.77.